The highest BCUT2D eigenvalue weighted by Crippen LogP contribution is 2.12. The third-order valence-electron chi connectivity index (χ3n) is 3.59. The summed E-state index contributed by atoms with van der Waals surface area (Å²) in [6.45, 7) is 4.99. The molecular weight excluding hydrogens is 372 g/mol. The van der Waals surface area contributed by atoms with E-state index in [1.165, 1.54) is 0 Å². The number of hydrogen-bond acceptors (Lipinski definition) is 6. The lowest BCUT2D eigenvalue weighted by Crippen LogP contribution is -2.33. The number of carboxylic acids is 1. The van der Waals surface area contributed by atoms with Crippen LogP contribution in [0.2, 0.25) is 0 Å². The minimum atomic E-state index is -1.02. The zero-order valence-corrected chi connectivity index (χ0v) is 16.5. The zero-order valence-electron chi connectivity index (χ0n) is 14.9. The second-order valence-electron chi connectivity index (χ2n) is 5.52. The van der Waals surface area contributed by atoms with E-state index in [4.69, 9.17) is 0 Å². The number of imidazole rings is 2. The lowest BCUT2D eigenvalue weighted by molar-refractivity contribution is -0.129. The van der Waals surface area contributed by atoms with E-state index in [9.17, 15) is 9.90 Å². The molecule has 2 aromatic rings. The molecule has 0 aliphatic rings. The first-order chi connectivity index (χ1) is 12.6. The smallest absolute Gasteiger partial charge is 0.371 e. The van der Waals surface area contributed by atoms with Crippen molar-refractivity contribution in [2.24, 2.45) is 4.99 Å². The van der Waals surface area contributed by atoms with Gasteiger partial charge in [-0.2, -0.15) is 23.5 Å². The number of hydrogen-bond donors (Lipinski definition) is 4. The van der Waals surface area contributed by atoms with Crippen LogP contribution < -0.4 is 5.32 Å². The first kappa shape index (κ1) is 20.4. The molecule has 0 saturated heterocycles. The van der Waals surface area contributed by atoms with E-state index in [0.717, 1.165) is 45.8 Å². The maximum atomic E-state index is 11.3. The summed E-state index contributed by atoms with van der Waals surface area (Å²) >= 11 is 3.39. The largest absolute Gasteiger partial charge is 0.475 e. The van der Waals surface area contributed by atoms with Crippen LogP contribution in [0, 0.1) is 13.8 Å². The van der Waals surface area contributed by atoms with Crippen LogP contribution in [0.5, 0.6) is 0 Å². The summed E-state index contributed by atoms with van der Waals surface area (Å²) in [5, 5.41) is 12.1. The Bertz CT molecular complexity index is 728. The Hall–Kier alpha value is -1.94. The Morgan fingerprint density at radius 3 is 2.19 bits per heavy atom. The van der Waals surface area contributed by atoms with Crippen molar-refractivity contribution in [1.82, 2.24) is 25.3 Å². The molecule has 0 fully saturated rings. The maximum Gasteiger partial charge on any atom is 0.371 e. The van der Waals surface area contributed by atoms with Gasteiger partial charge in [-0.25, -0.2) is 14.8 Å². The van der Waals surface area contributed by atoms with E-state index in [-0.39, 0.29) is 5.84 Å². The van der Waals surface area contributed by atoms with Crippen LogP contribution in [0.25, 0.3) is 0 Å². The van der Waals surface area contributed by atoms with Crippen LogP contribution in [0.1, 0.15) is 22.8 Å². The van der Waals surface area contributed by atoms with E-state index >= 15 is 0 Å². The number of nitrogens with one attached hydrogen (secondary N) is 3. The molecule has 2 heterocycles. The Morgan fingerprint density at radius 2 is 1.69 bits per heavy atom. The molecule has 0 radical (unpaired) electrons. The van der Waals surface area contributed by atoms with Gasteiger partial charge in [0.25, 0.3) is 0 Å². The van der Waals surface area contributed by atoms with Gasteiger partial charge in [0, 0.05) is 40.9 Å². The molecule has 0 aliphatic carbocycles. The number of rotatable bonds is 10. The third-order valence-corrected chi connectivity index (χ3v) is 5.51. The van der Waals surface area contributed by atoms with Gasteiger partial charge in [0.2, 0.25) is 5.84 Å². The predicted octanol–water partition coefficient (Wildman–Crippen LogP) is 1.99. The Kier molecular flexibility index (Phi) is 8.56. The van der Waals surface area contributed by atoms with Gasteiger partial charge in [-0.3, -0.25) is 4.99 Å². The molecule has 0 saturated carbocycles. The molecule has 2 rings (SSSR count). The first-order valence-corrected chi connectivity index (χ1v) is 10.5. The van der Waals surface area contributed by atoms with Crippen molar-refractivity contribution in [3.05, 3.63) is 35.4 Å². The van der Waals surface area contributed by atoms with Gasteiger partial charge < -0.3 is 20.4 Å². The number of aromatic nitrogens is 4. The number of aromatic amines is 2. The Morgan fingerprint density at radius 1 is 1.12 bits per heavy atom. The van der Waals surface area contributed by atoms with Crippen LogP contribution in [0.15, 0.2) is 17.6 Å². The van der Waals surface area contributed by atoms with Crippen molar-refractivity contribution < 1.29 is 9.90 Å². The quantitative estimate of drug-likeness (QED) is 0.275. The molecule has 142 valence electrons. The van der Waals surface area contributed by atoms with E-state index in [2.05, 4.69) is 30.2 Å². The van der Waals surface area contributed by atoms with Gasteiger partial charge in [-0.15, -0.1) is 0 Å². The summed E-state index contributed by atoms with van der Waals surface area (Å²) < 4.78 is 0. The van der Waals surface area contributed by atoms with Crippen LogP contribution in [-0.2, 0) is 16.3 Å². The predicted molar refractivity (Wildman–Crippen MR) is 107 cm³/mol. The topological polar surface area (TPSA) is 119 Å². The highest BCUT2D eigenvalue weighted by molar-refractivity contribution is 7.98. The molecule has 0 aliphatic heterocycles. The lowest BCUT2D eigenvalue weighted by Gasteiger charge is -2.06. The third kappa shape index (κ3) is 6.75. The average Bonchev–Trinajstić information content (AvgIpc) is 3.20. The highest BCUT2D eigenvalue weighted by atomic mass is 32.2. The lowest BCUT2D eigenvalue weighted by atomic mass is 10.4. The normalized spacial score (nSPS) is 11.7. The Labute approximate surface area is 161 Å². The molecule has 0 bridgehead atoms. The van der Waals surface area contributed by atoms with Crippen LogP contribution >= 0.6 is 23.5 Å². The van der Waals surface area contributed by atoms with E-state index < -0.39 is 5.97 Å². The number of nitrogens with zero attached hydrogens (tertiary/aromatic N) is 3. The van der Waals surface area contributed by atoms with Gasteiger partial charge in [0.1, 0.15) is 0 Å². The molecule has 10 heteroatoms. The van der Waals surface area contributed by atoms with Crippen molar-refractivity contribution in [3.8, 4) is 0 Å². The van der Waals surface area contributed by atoms with E-state index in [0.29, 0.717) is 13.1 Å². The summed E-state index contributed by atoms with van der Waals surface area (Å²) in [6, 6.07) is 0. The van der Waals surface area contributed by atoms with E-state index in [1.807, 2.05) is 13.8 Å². The summed E-state index contributed by atoms with van der Waals surface area (Å²) in [5.41, 5.74) is 4.20. The molecule has 0 aromatic carbocycles. The number of amidine groups is 1. The Balaban J connectivity index is 1.62. The van der Waals surface area contributed by atoms with E-state index in [1.54, 1.807) is 36.2 Å². The van der Waals surface area contributed by atoms with Crippen molar-refractivity contribution in [2.45, 2.75) is 25.4 Å². The molecule has 8 nitrogen and oxygen atoms in total. The number of carbonyl (C=O) groups is 1. The molecule has 26 heavy (non-hydrogen) atoms. The number of aryl methyl sites for hydroxylation is 2. The number of H-pyrrole nitrogens is 2. The monoisotopic (exact) mass is 396 g/mol. The average molecular weight is 397 g/mol. The second kappa shape index (κ2) is 10.9. The highest BCUT2D eigenvalue weighted by Gasteiger charge is 2.08. The molecule has 0 spiro atoms. The molecule has 4 N–H and O–H groups in total. The van der Waals surface area contributed by atoms with Crippen molar-refractivity contribution in [2.75, 3.05) is 24.6 Å². The second-order valence-corrected chi connectivity index (χ2v) is 7.73. The van der Waals surface area contributed by atoms with Gasteiger partial charge in [-0.1, -0.05) is 0 Å². The fraction of sp³-hybridized carbons (Fsp3) is 0.500. The van der Waals surface area contributed by atoms with Crippen molar-refractivity contribution >= 4 is 35.3 Å². The van der Waals surface area contributed by atoms with Gasteiger partial charge in [-0.05, 0) is 13.8 Å². The number of aliphatic imine (C=N–C) groups is 1. The molecule has 2 aromatic heterocycles. The summed E-state index contributed by atoms with van der Waals surface area (Å²) in [5.74, 6) is 2.14. The SMILES string of the molecule is Cc1[nH]cnc1CSCC/N=C(/NCCSCc1nc[nH]c1C)C(=O)O. The van der Waals surface area contributed by atoms with Gasteiger partial charge in [0.05, 0.1) is 30.6 Å². The summed E-state index contributed by atoms with van der Waals surface area (Å²) in [7, 11) is 0. The standard InChI is InChI=1S/C16H24N6O2S2/c1-11-13(21-9-19-11)7-25-5-3-17-15(16(23)24)18-4-6-26-8-14-12(2)20-10-22-14/h9-10H,3-8H2,1-2H3,(H,17,18)(H,19,21)(H,20,22)(H,23,24). The molecule has 0 atom stereocenters. The number of aliphatic carboxylic acids is 1. The summed E-state index contributed by atoms with van der Waals surface area (Å²) in [4.78, 5) is 30.0. The minimum Gasteiger partial charge on any atom is -0.475 e. The van der Waals surface area contributed by atoms with Crippen LogP contribution in [-0.4, -0.2) is 61.4 Å². The molecule has 0 amide bonds. The van der Waals surface area contributed by atoms with Gasteiger partial charge >= 0.3 is 5.97 Å². The van der Waals surface area contributed by atoms with Crippen molar-refractivity contribution in [3.63, 3.8) is 0 Å². The zero-order chi connectivity index (χ0) is 18.8. The number of carboxylic acid groups (broad SMARTS) is 1. The van der Waals surface area contributed by atoms with Crippen LogP contribution in [0.3, 0.4) is 0 Å². The minimum absolute atomic E-state index is 0.0260. The molecular formula is C16H24N6O2S2. The number of thioether (sulfide) groups is 2. The molecule has 0 unspecified atom stereocenters. The fourth-order valence-corrected chi connectivity index (χ4v) is 3.79. The maximum absolute atomic E-state index is 11.3. The first-order valence-electron chi connectivity index (χ1n) is 8.22. The van der Waals surface area contributed by atoms with Crippen molar-refractivity contribution in [1.29, 1.82) is 0 Å². The summed E-state index contributed by atoms with van der Waals surface area (Å²) in [6.07, 6.45) is 3.37. The van der Waals surface area contributed by atoms with Crippen LogP contribution in [0.4, 0.5) is 0 Å². The van der Waals surface area contributed by atoms with Gasteiger partial charge in [0.15, 0.2) is 0 Å². The fourth-order valence-electron chi connectivity index (χ4n) is 2.07.